The van der Waals surface area contributed by atoms with Crippen LogP contribution in [0.3, 0.4) is 0 Å². The number of rotatable bonds is 4. The second kappa shape index (κ2) is 11.3. The van der Waals surface area contributed by atoms with Crippen LogP contribution >= 0.6 is 0 Å². The first-order chi connectivity index (χ1) is 25.7. The van der Waals surface area contributed by atoms with Crippen LogP contribution in [-0.2, 0) is 0 Å². The summed E-state index contributed by atoms with van der Waals surface area (Å²) in [6, 6.07) is 56.9. The van der Waals surface area contributed by atoms with Crippen LogP contribution in [0.5, 0.6) is 0 Å². The van der Waals surface area contributed by atoms with E-state index < -0.39 is 0 Å². The van der Waals surface area contributed by atoms with Crippen molar-refractivity contribution in [2.75, 3.05) is 0 Å². The van der Waals surface area contributed by atoms with Crippen molar-refractivity contribution in [3.8, 4) is 11.1 Å². The standard InChI is InChI=1S/C47H29N3O2/c1-2-11-30(12-3-1)45-48-46(32-24-25-36-35-14-6-7-17-39(35)51-42(36)27-32)50-47(49-45)37-16-9-19-41-44(37)43-34(15-8-18-40(43)52-41)31-23-22-29-21-20-28-10-4-5-13-33(28)38(29)26-31/h1-27,45H,(H,48,49,50). The molecule has 10 aromatic rings. The van der Waals surface area contributed by atoms with Crippen molar-refractivity contribution < 1.29 is 8.83 Å². The SMILES string of the molecule is c1ccc(C2N=C(c3ccc4c(c3)oc3ccccc34)N=C(c3cccc4oc5cccc(-c6ccc7ccc8ccccc8c7c6)c5c34)N2)cc1. The fourth-order valence-corrected chi connectivity index (χ4v) is 7.86. The molecule has 1 N–H and O–H groups in total. The first-order valence-corrected chi connectivity index (χ1v) is 17.5. The summed E-state index contributed by atoms with van der Waals surface area (Å²) in [7, 11) is 0. The molecule has 0 fully saturated rings. The molecule has 2 aromatic heterocycles. The predicted octanol–water partition coefficient (Wildman–Crippen LogP) is 12.0. The Kier molecular flexibility index (Phi) is 6.25. The highest BCUT2D eigenvalue weighted by Gasteiger charge is 2.25. The van der Waals surface area contributed by atoms with E-state index in [-0.39, 0.29) is 6.17 Å². The Morgan fingerprint density at radius 2 is 1.08 bits per heavy atom. The van der Waals surface area contributed by atoms with Gasteiger partial charge >= 0.3 is 0 Å². The Balaban J connectivity index is 1.11. The molecule has 244 valence electrons. The summed E-state index contributed by atoms with van der Waals surface area (Å²) < 4.78 is 12.9. The van der Waals surface area contributed by atoms with Crippen molar-refractivity contribution in [1.29, 1.82) is 0 Å². The van der Waals surface area contributed by atoms with Crippen molar-refractivity contribution in [2.24, 2.45) is 9.98 Å². The van der Waals surface area contributed by atoms with Crippen LogP contribution in [0, 0.1) is 0 Å². The smallest absolute Gasteiger partial charge is 0.159 e. The number of hydrogen-bond acceptors (Lipinski definition) is 5. The molecule has 0 saturated heterocycles. The zero-order chi connectivity index (χ0) is 34.2. The quantitative estimate of drug-likeness (QED) is 0.190. The average Bonchev–Trinajstić information content (AvgIpc) is 3.79. The topological polar surface area (TPSA) is 63.0 Å². The first-order valence-electron chi connectivity index (χ1n) is 17.5. The number of para-hydroxylation sites is 1. The van der Waals surface area contributed by atoms with Crippen LogP contribution in [0.4, 0.5) is 0 Å². The van der Waals surface area contributed by atoms with Crippen LogP contribution in [0.15, 0.2) is 183 Å². The van der Waals surface area contributed by atoms with Crippen LogP contribution in [-0.4, -0.2) is 11.7 Å². The summed E-state index contributed by atoms with van der Waals surface area (Å²) in [6.45, 7) is 0. The summed E-state index contributed by atoms with van der Waals surface area (Å²) in [5.74, 6) is 1.37. The summed E-state index contributed by atoms with van der Waals surface area (Å²) in [6.07, 6.45) is -0.350. The Hall–Kier alpha value is -6.98. The molecule has 1 aliphatic heterocycles. The molecular formula is C47H29N3O2. The van der Waals surface area contributed by atoms with Gasteiger partial charge in [0.05, 0.1) is 0 Å². The summed E-state index contributed by atoms with van der Waals surface area (Å²) in [5.41, 5.74) is 8.44. The van der Waals surface area contributed by atoms with Gasteiger partial charge in [0, 0.05) is 32.7 Å². The van der Waals surface area contributed by atoms with Crippen LogP contribution in [0.2, 0.25) is 0 Å². The third kappa shape index (κ3) is 4.49. The lowest BCUT2D eigenvalue weighted by Gasteiger charge is -2.24. The van der Waals surface area contributed by atoms with Gasteiger partial charge in [0.1, 0.15) is 34.3 Å². The van der Waals surface area contributed by atoms with Gasteiger partial charge in [0.25, 0.3) is 0 Å². The molecule has 0 radical (unpaired) electrons. The molecule has 5 heteroatoms. The normalized spacial score (nSPS) is 14.7. The molecule has 1 unspecified atom stereocenters. The molecule has 0 amide bonds. The van der Waals surface area contributed by atoms with E-state index in [1.807, 2.05) is 48.5 Å². The number of amidine groups is 2. The molecule has 0 bridgehead atoms. The lowest BCUT2D eigenvalue weighted by Crippen LogP contribution is -2.33. The summed E-state index contributed by atoms with van der Waals surface area (Å²) >= 11 is 0. The van der Waals surface area contributed by atoms with Crippen molar-refractivity contribution in [3.05, 3.63) is 180 Å². The molecule has 8 aromatic carbocycles. The van der Waals surface area contributed by atoms with E-state index in [0.29, 0.717) is 5.84 Å². The van der Waals surface area contributed by atoms with E-state index in [0.717, 1.165) is 77.5 Å². The van der Waals surface area contributed by atoms with Crippen LogP contribution in [0.25, 0.3) is 76.5 Å². The molecule has 0 spiro atoms. The average molecular weight is 668 g/mol. The molecule has 1 aliphatic rings. The maximum atomic E-state index is 6.58. The molecular weight excluding hydrogens is 639 g/mol. The third-order valence-electron chi connectivity index (χ3n) is 10.3. The number of hydrogen-bond donors (Lipinski definition) is 1. The van der Waals surface area contributed by atoms with Gasteiger partial charge in [-0.05, 0) is 74.6 Å². The molecule has 0 saturated carbocycles. The third-order valence-corrected chi connectivity index (χ3v) is 10.3. The number of nitrogens with zero attached hydrogens (tertiary/aromatic N) is 2. The fourth-order valence-electron chi connectivity index (χ4n) is 7.86. The Labute approximate surface area is 298 Å². The monoisotopic (exact) mass is 667 g/mol. The highest BCUT2D eigenvalue weighted by atomic mass is 16.3. The van der Waals surface area contributed by atoms with Gasteiger partial charge in [-0.2, -0.15) is 0 Å². The van der Waals surface area contributed by atoms with E-state index in [1.165, 1.54) is 21.5 Å². The summed E-state index contributed by atoms with van der Waals surface area (Å²) in [5, 5.41) is 12.8. The highest BCUT2D eigenvalue weighted by molar-refractivity contribution is 6.24. The van der Waals surface area contributed by atoms with Crippen molar-refractivity contribution >= 4 is 77.1 Å². The zero-order valence-electron chi connectivity index (χ0n) is 27.9. The largest absolute Gasteiger partial charge is 0.456 e. The molecule has 5 nitrogen and oxygen atoms in total. The van der Waals surface area contributed by atoms with Gasteiger partial charge in [0.2, 0.25) is 0 Å². The van der Waals surface area contributed by atoms with Crippen molar-refractivity contribution in [3.63, 3.8) is 0 Å². The van der Waals surface area contributed by atoms with E-state index in [4.69, 9.17) is 18.8 Å². The fraction of sp³-hybridized carbons (Fsp3) is 0.0213. The van der Waals surface area contributed by atoms with Gasteiger partial charge in [-0.15, -0.1) is 0 Å². The van der Waals surface area contributed by atoms with Crippen molar-refractivity contribution in [2.45, 2.75) is 6.17 Å². The maximum Gasteiger partial charge on any atom is 0.159 e. The van der Waals surface area contributed by atoms with E-state index in [2.05, 4.69) is 121 Å². The first kappa shape index (κ1) is 28.8. The number of benzene rings is 8. The zero-order valence-corrected chi connectivity index (χ0v) is 27.9. The minimum absolute atomic E-state index is 0.350. The number of furan rings is 2. The van der Waals surface area contributed by atoms with Crippen LogP contribution < -0.4 is 5.32 Å². The molecule has 52 heavy (non-hydrogen) atoms. The second-order valence-electron chi connectivity index (χ2n) is 13.4. The minimum atomic E-state index is -0.350. The van der Waals surface area contributed by atoms with Crippen LogP contribution in [0.1, 0.15) is 22.9 Å². The van der Waals surface area contributed by atoms with Gasteiger partial charge in [-0.25, -0.2) is 9.98 Å². The Bertz CT molecular complexity index is 3110. The van der Waals surface area contributed by atoms with Gasteiger partial charge in [-0.1, -0.05) is 127 Å². The maximum absolute atomic E-state index is 6.58. The lowest BCUT2D eigenvalue weighted by atomic mass is 9.93. The molecule has 11 rings (SSSR count). The minimum Gasteiger partial charge on any atom is -0.456 e. The number of aliphatic imine (C=N–C) groups is 2. The summed E-state index contributed by atoms with van der Waals surface area (Å²) in [4.78, 5) is 10.4. The number of fused-ring (bicyclic) bond motifs is 9. The predicted molar refractivity (Wildman–Crippen MR) is 213 cm³/mol. The van der Waals surface area contributed by atoms with E-state index >= 15 is 0 Å². The Morgan fingerprint density at radius 1 is 0.442 bits per heavy atom. The molecule has 3 heterocycles. The molecule has 0 aliphatic carbocycles. The molecule has 1 atom stereocenters. The van der Waals surface area contributed by atoms with Gasteiger partial charge < -0.3 is 14.2 Å². The Morgan fingerprint density at radius 3 is 1.94 bits per heavy atom. The van der Waals surface area contributed by atoms with E-state index in [1.54, 1.807) is 0 Å². The van der Waals surface area contributed by atoms with Gasteiger partial charge in [-0.3, -0.25) is 0 Å². The van der Waals surface area contributed by atoms with E-state index in [9.17, 15) is 0 Å². The van der Waals surface area contributed by atoms with Crippen molar-refractivity contribution in [1.82, 2.24) is 5.32 Å². The highest BCUT2D eigenvalue weighted by Crippen LogP contribution is 2.40. The number of nitrogens with one attached hydrogen (secondary N) is 1. The second-order valence-corrected chi connectivity index (χ2v) is 13.4. The van der Waals surface area contributed by atoms with Gasteiger partial charge in [0.15, 0.2) is 5.84 Å². The lowest BCUT2D eigenvalue weighted by molar-refractivity contribution is 0.667.